The average molecular weight is 494 g/mol. The van der Waals surface area contributed by atoms with Gasteiger partial charge in [0.1, 0.15) is 21.2 Å². The lowest BCUT2D eigenvalue weighted by molar-refractivity contribution is -0.139. The van der Waals surface area contributed by atoms with Crippen molar-refractivity contribution in [3.05, 3.63) is 28.5 Å². The molecule has 0 atom stereocenters. The molecule has 3 aromatic heterocycles. The monoisotopic (exact) mass is 493 g/mol. The fraction of sp³-hybridized carbons (Fsp3) is 0.316. The molecule has 0 bridgehead atoms. The fourth-order valence-corrected chi connectivity index (χ4v) is 4.77. The van der Waals surface area contributed by atoms with Crippen LogP contribution in [-0.4, -0.2) is 70.6 Å². The van der Waals surface area contributed by atoms with E-state index in [0.29, 0.717) is 16.1 Å². The smallest absolute Gasteiger partial charge is 0.348 e. The van der Waals surface area contributed by atoms with Crippen LogP contribution in [0.1, 0.15) is 25.6 Å². The van der Waals surface area contributed by atoms with Gasteiger partial charge in [-0.3, -0.25) is 14.3 Å². The number of aryl methyl sites for hydroxylation is 1. The van der Waals surface area contributed by atoms with Gasteiger partial charge in [-0.25, -0.2) is 19.6 Å². The number of amides is 1. The van der Waals surface area contributed by atoms with Crippen molar-refractivity contribution in [1.82, 2.24) is 19.7 Å². The van der Waals surface area contributed by atoms with Gasteiger partial charge in [-0.05, 0) is 0 Å². The Kier molecular flexibility index (Phi) is 7.60. The van der Waals surface area contributed by atoms with Gasteiger partial charge in [0.2, 0.25) is 5.91 Å². The van der Waals surface area contributed by atoms with Gasteiger partial charge in [0.05, 0.1) is 50.6 Å². The molecular formula is C19H19N5O7S2. The Bertz CT molecular complexity index is 1240. The van der Waals surface area contributed by atoms with Crippen LogP contribution in [0, 0.1) is 0 Å². The minimum atomic E-state index is -0.823. The fourth-order valence-electron chi connectivity index (χ4n) is 2.87. The first-order valence-corrected chi connectivity index (χ1v) is 11.0. The zero-order valence-electron chi connectivity index (χ0n) is 18.0. The Morgan fingerprint density at radius 1 is 1.09 bits per heavy atom. The molecule has 0 aliphatic heterocycles. The van der Waals surface area contributed by atoms with Crippen LogP contribution >= 0.6 is 23.1 Å². The van der Waals surface area contributed by atoms with E-state index in [1.54, 1.807) is 17.9 Å². The molecule has 3 heterocycles. The summed E-state index contributed by atoms with van der Waals surface area (Å²) in [6.45, 7) is 0. The largest absolute Gasteiger partial charge is 0.469 e. The standard InChI is InChI=1S/C19H19N5O7S2/c1-24-15-10(6-22-24)16(21-8-20-15)32-7-11(25)23-17-13(18(27)30-3)9(5-12(26)29-2)14(33-17)19(28)31-4/h6,8H,5,7H2,1-4H3,(H,23,25). The van der Waals surface area contributed by atoms with Crippen molar-refractivity contribution in [2.45, 2.75) is 11.4 Å². The molecule has 0 unspecified atom stereocenters. The maximum absolute atomic E-state index is 12.7. The first kappa shape index (κ1) is 24.1. The van der Waals surface area contributed by atoms with Crippen LogP contribution in [0.25, 0.3) is 11.0 Å². The van der Waals surface area contributed by atoms with E-state index in [1.807, 2.05) is 0 Å². The van der Waals surface area contributed by atoms with E-state index >= 15 is 0 Å². The van der Waals surface area contributed by atoms with Crippen LogP contribution in [0.15, 0.2) is 17.6 Å². The van der Waals surface area contributed by atoms with Gasteiger partial charge in [0.25, 0.3) is 0 Å². The predicted molar refractivity (Wildman–Crippen MR) is 118 cm³/mol. The van der Waals surface area contributed by atoms with Gasteiger partial charge >= 0.3 is 17.9 Å². The van der Waals surface area contributed by atoms with Crippen molar-refractivity contribution in [3.63, 3.8) is 0 Å². The van der Waals surface area contributed by atoms with Crippen LogP contribution in [0.2, 0.25) is 0 Å². The highest BCUT2D eigenvalue weighted by Crippen LogP contribution is 2.36. The van der Waals surface area contributed by atoms with Crippen LogP contribution in [0.4, 0.5) is 5.00 Å². The van der Waals surface area contributed by atoms with Crippen LogP contribution < -0.4 is 5.32 Å². The number of thioether (sulfide) groups is 1. The summed E-state index contributed by atoms with van der Waals surface area (Å²) in [6.07, 6.45) is 2.60. The quantitative estimate of drug-likeness (QED) is 0.210. The normalized spacial score (nSPS) is 10.7. The van der Waals surface area contributed by atoms with E-state index in [0.717, 1.165) is 37.3 Å². The molecule has 0 fully saturated rings. The number of ether oxygens (including phenoxy) is 3. The lowest BCUT2D eigenvalue weighted by Crippen LogP contribution is -2.17. The molecule has 0 aliphatic carbocycles. The molecule has 0 saturated carbocycles. The Morgan fingerprint density at radius 2 is 1.82 bits per heavy atom. The predicted octanol–water partition coefficient (Wildman–Crippen LogP) is 1.44. The van der Waals surface area contributed by atoms with Gasteiger partial charge in [0, 0.05) is 12.6 Å². The maximum Gasteiger partial charge on any atom is 0.348 e. The molecule has 0 aliphatic rings. The zero-order valence-corrected chi connectivity index (χ0v) is 19.7. The molecular weight excluding hydrogens is 474 g/mol. The molecule has 1 amide bonds. The van der Waals surface area contributed by atoms with Gasteiger partial charge < -0.3 is 19.5 Å². The number of thiophene rings is 1. The highest BCUT2D eigenvalue weighted by atomic mass is 32.2. The van der Waals surface area contributed by atoms with Crippen molar-refractivity contribution < 1.29 is 33.4 Å². The Morgan fingerprint density at radius 3 is 2.48 bits per heavy atom. The Hall–Kier alpha value is -3.52. The van der Waals surface area contributed by atoms with Gasteiger partial charge in [-0.2, -0.15) is 5.10 Å². The molecule has 174 valence electrons. The summed E-state index contributed by atoms with van der Waals surface area (Å²) in [5.41, 5.74) is 0.569. The summed E-state index contributed by atoms with van der Waals surface area (Å²) >= 11 is 1.96. The van der Waals surface area contributed by atoms with Gasteiger partial charge in [-0.15, -0.1) is 11.3 Å². The third-order valence-corrected chi connectivity index (χ3v) is 6.53. The second kappa shape index (κ2) is 10.4. The molecule has 1 N–H and O–H groups in total. The SMILES string of the molecule is COC(=O)Cc1c(C(=O)OC)sc(NC(=O)CSc2ncnc3c2cnn3C)c1C(=O)OC. The Labute approximate surface area is 195 Å². The molecule has 12 nitrogen and oxygen atoms in total. The van der Waals surface area contributed by atoms with E-state index in [4.69, 9.17) is 9.47 Å². The summed E-state index contributed by atoms with van der Waals surface area (Å²) in [5, 5.41) is 8.05. The van der Waals surface area contributed by atoms with E-state index in [2.05, 4.69) is 25.1 Å². The van der Waals surface area contributed by atoms with Crippen LogP contribution in [0.3, 0.4) is 0 Å². The maximum atomic E-state index is 12.7. The van der Waals surface area contributed by atoms with Gasteiger partial charge in [-0.1, -0.05) is 11.8 Å². The molecule has 3 aromatic rings. The Balaban J connectivity index is 1.87. The summed E-state index contributed by atoms with van der Waals surface area (Å²) < 4.78 is 15.8. The number of carbonyl (C=O) groups excluding carboxylic acids is 4. The molecule has 14 heteroatoms. The molecule has 0 saturated heterocycles. The number of aromatic nitrogens is 4. The van der Waals surface area contributed by atoms with Crippen LogP contribution in [0.5, 0.6) is 0 Å². The van der Waals surface area contributed by atoms with Crippen molar-refractivity contribution in [2.75, 3.05) is 32.4 Å². The number of fused-ring (bicyclic) bond motifs is 1. The summed E-state index contributed by atoms with van der Waals surface area (Å²) in [6, 6.07) is 0. The average Bonchev–Trinajstić information content (AvgIpc) is 3.37. The number of rotatable bonds is 8. The molecule has 0 spiro atoms. The summed E-state index contributed by atoms with van der Waals surface area (Å²) in [4.78, 5) is 57.6. The van der Waals surface area contributed by atoms with E-state index < -0.39 is 23.8 Å². The number of anilines is 1. The van der Waals surface area contributed by atoms with Crippen molar-refractivity contribution in [2.24, 2.45) is 7.05 Å². The summed E-state index contributed by atoms with van der Waals surface area (Å²) in [7, 11) is 5.23. The third-order valence-electron chi connectivity index (χ3n) is 4.40. The number of hydrogen-bond acceptors (Lipinski definition) is 12. The van der Waals surface area contributed by atoms with Crippen molar-refractivity contribution in [3.8, 4) is 0 Å². The molecule has 0 aromatic carbocycles. The number of nitrogens with one attached hydrogen (secondary N) is 1. The van der Waals surface area contributed by atoms with E-state index in [1.165, 1.54) is 13.4 Å². The molecule has 33 heavy (non-hydrogen) atoms. The number of nitrogens with zero attached hydrogens (tertiary/aromatic N) is 4. The zero-order chi connectivity index (χ0) is 24.1. The lowest BCUT2D eigenvalue weighted by Gasteiger charge is -2.07. The molecule has 0 radical (unpaired) electrons. The number of carbonyl (C=O) groups is 4. The minimum absolute atomic E-state index is 0.0147. The van der Waals surface area contributed by atoms with Crippen molar-refractivity contribution in [1.29, 1.82) is 0 Å². The highest BCUT2D eigenvalue weighted by molar-refractivity contribution is 8.00. The van der Waals surface area contributed by atoms with E-state index in [9.17, 15) is 19.2 Å². The highest BCUT2D eigenvalue weighted by Gasteiger charge is 2.30. The number of methoxy groups -OCH3 is 3. The van der Waals surface area contributed by atoms with Gasteiger partial charge in [0.15, 0.2) is 5.65 Å². The number of hydrogen-bond donors (Lipinski definition) is 1. The second-order valence-corrected chi connectivity index (χ2v) is 8.36. The third kappa shape index (κ3) is 5.12. The second-order valence-electron chi connectivity index (χ2n) is 6.37. The van der Waals surface area contributed by atoms with E-state index in [-0.39, 0.29) is 33.2 Å². The topological polar surface area (TPSA) is 152 Å². The minimum Gasteiger partial charge on any atom is -0.469 e. The summed E-state index contributed by atoms with van der Waals surface area (Å²) in [5.74, 6) is -2.79. The lowest BCUT2D eigenvalue weighted by atomic mass is 10.1. The molecule has 3 rings (SSSR count). The van der Waals surface area contributed by atoms with Crippen molar-refractivity contribution >= 4 is 62.9 Å². The first-order chi connectivity index (χ1) is 15.8. The van der Waals surface area contributed by atoms with Crippen LogP contribution in [-0.2, 0) is 37.3 Å². The number of esters is 3. The first-order valence-electron chi connectivity index (χ1n) is 9.25.